The quantitative estimate of drug-likeness (QED) is 0.905. The summed E-state index contributed by atoms with van der Waals surface area (Å²) in [4.78, 5) is 25.6. The first-order chi connectivity index (χ1) is 8.13. The molecule has 0 aliphatic carbocycles. The zero-order chi connectivity index (χ0) is 12.4. The van der Waals surface area contributed by atoms with Gasteiger partial charge in [0.15, 0.2) is 0 Å². The van der Waals surface area contributed by atoms with Gasteiger partial charge in [0, 0.05) is 18.5 Å². The second-order valence-corrected chi connectivity index (χ2v) is 6.14. The van der Waals surface area contributed by atoms with E-state index in [0.717, 1.165) is 3.79 Å². The summed E-state index contributed by atoms with van der Waals surface area (Å²) in [5.74, 6) is -0.116. The summed E-state index contributed by atoms with van der Waals surface area (Å²) in [6.07, 6.45) is 0.642. The number of halogens is 1. The average molecular weight is 317 g/mol. The molecule has 6 heteroatoms. The Hall–Kier alpha value is -0.880. The van der Waals surface area contributed by atoms with E-state index >= 15 is 0 Å². The highest BCUT2D eigenvalue weighted by Gasteiger charge is 2.32. The van der Waals surface area contributed by atoms with E-state index < -0.39 is 0 Å². The Morgan fingerprint density at radius 3 is 3.06 bits per heavy atom. The number of nitrogens with one attached hydrogen (secondary N) is 1. The van der Waals surface area contributed by atoms with E-state index in [9.17, 15) is 9.59 Å². The minimum Gasteiger partial charge on any atom is -0.353 e. The summed E-state index contributed by atoms with van der Waals surface area (Å²) >= 11 is 4.81. The molecule has 0 spiro atoms. The van der Waals surface area contributed by atoms with Crippen molar-refractivity contribution in [3.8, 4) is 0 Å². The van der Waals surface area contributed by atoms with Crippen molar-refractivity contribution in [3.05, 3.63) is 20.8 Å². The highest BCUT2D eigenvalue weighted by molar-refractivity contribution is 9.11. The second-order valence-electron chi connectivity index (χ2n) is 3.85. The Labute approximate surface area is 112 Å². The van der Waals surface area contributed by atoms with Gasteiger partial charge in [-0.15, -0.1) is 11.3 Å². The molecule has 2 amide bonds. The van der Waals surface area contributed by atoms with Crippen molar-refractivity contribution < 1.29 is 9.59 Å². The first kappa shape index (κ1) is 12.6. The number of carbonyl (C=O) groups excluding carboxylic acids is 2. The third kappa shape index (κ3) is 2.52. The maximum atomic E-state index is 12.3. The molecule has 0 radical (unpaired) electrons. The number of nitrogens with zero attached hydrogens (tertiary/aromatic N) is 1. The maximum Gasteiger partial charge on any atom is 0.255 e. The molecule has 1 atom stereocenters. The van der Waals surface area contributed by atoms with Gasteiger partial charge in [0.1, 0.15) is 6.04 Å². The molecular weight excluding hydrogens is 304 g/mol. The monoisotopic (exact) mass is 316 g/mol. The van der Waals surface area contributed by atoms with Crippen molar-refractivity contribution >= 4 is 39.1 Å². The Kier molecular flexibility index (Phi) is 3.83. The molecule has 0 bridgehead atoms. The van der Waals surface area contributed by atoms with Crippen molar-refractivity contribution in [1.82, 2.24) is 10.2 Å². The van der Waals surface area contributed by atoms with Gasteiger partial charge in [0.2, 0.25) is 5.91 Å². The predicted molar refractivity (Wildman–Crippen MR) is 70.1 cm³/mol. The molecule has 1 unspecified atom stereocenters. The van der Waals surface area contributed by atoms with Crippen molar-refractivity contribution in [2.24, 2.45) is 0 Å². The first-order valence-corrected chi connectivity index (χ1v) is 7.13. The van der Waals surface area contributed by atoms with Crippen LogP contribution in [0.3, 0.4) is 0 Å². The maximum absolute atomic E-state index is 12.3. The molecule has 2 rings (SSSR count). The number of hydrogen-bond acceptors (Lipinski definition) is 3. The van der Waals surface area contributed by atoms with E-state index in [0.29, 0.717) is 25.1 Å². The van der Waals surface area contributed by atoms with Crippen LogP contribution in [-0.2, 0) is 4.79 Å². The molecule has 1 aromatic heterocycles. The van der Waals surface area contributed by atoms with Gasteiger partial charge in [0.05, 0.1) is 9.35 Å². The lowest BCUT2D eigenvalue weighted by atomic mass is 10.1. The highest BCUT2D eigenvalue weighted by atomic mass is 79.9. The summed E-state index contributed by atoms with van der Waals surface area (Å²) in [7, 11) is 0. The summed E-state index contributed by atoms with van der Waals surface area (Å²) in [6.45, 7) is 3.03. The molecule has 4 nitrogen and oxygen atoms in total. The molecule has 1 aliphatic heterocycles. The molecule has 2 heterocycles. The molecular formula is C11H13BrN2O2S. The van der Waals surface area contributed by atoms with E-state index in [1.807, 2.05) is 12.3 Å². The van der Waals surface area contributed by atoms with Crippen LogP contribution in [0.4, 0.5) is 0 Å². The van der Waals surface area contributed by atoms with Gasteiger partial charge < -0.3 is 10.2 Å². The summed E-state index contributed by atoms with van der Waals surface area (Å²) in [5.41, 5.74) is 0.648. The molecule has 1 aliphatic rings. The van der Waals surface area contributed by atoms with E-state index in [4.69, 9.17) is 0 Å². The zero-order valence-corrected chi connectivity index (χ0v) is 11.8. The van der Waals surface area contributed by atoms with Gasteiger partial charge in [-0.2, -0.15) is 0 Å². The Morgan fingerprint density at radius 2 is 2.47 bits per heavy atom. The predicted octanol–water partition coefficient (Wildman–Crippen LogP) is 1.86. The Bertz CT molecular complexity index is 446. The van der Waals surface area contributed by atoms with E-state index in [-0.39, 0.29) is 17.9 Å². The molecule has 1 aromatic rings. The van der Waals surface area contributed by atoms with Crippen LogP contribution in [0, 0.1) is 0 Å². The fraction of sp³-hybridized carbons (Fsp3) is 0.455. The third-order valence-corrected chi connectivity index (χ3v) is 4.30. The van der Waals surface area contributed by atoms with Crippen LogP contribution in [-0.4, -0.2) is 35.8 Å². The van der Waals surface area contributed by atoms with E-state index in [1.165, 1.54) is 11.3 Å². The molecule has 1 N–H and O–H groups in total. The van der Waals surface area contributed by atoms with Gasteiger partial charge in [-0.1, -0.05) is 6.92 Å². The SMILES string of the molecule is CCC1C(=O)NCCN1C(=O)c1csc(Br)c1. The van der Waals surface area contributed by atoms with Crippen LogP contribution < -0.4 is 5.32 Å². The molecule has 17 heavy (non-hydrogen) atoms. The van der Waals surface area contributed by atoms with Crippen LogP contribution in [0.1, 0.15) is 23.7 Å². The third-order valence-electron chi connectivity index (χ3n) is 2.79. The molecule has 1 fully saturated rings. The highest BCUT2D eigenvalue weighted by Crippen LogP contribution is 2.23. The molecule has 0 saturated carbocycles. The first-order valence-electron chi connectivity index (χ1n) is 5.46. The molecule has 92 valence electrons. The minimum atomic E-state index is -0.338. The number of rotatable bonds is 2. The number of thiophene rings is 1. The topological polar surface area (TPSA) is 49.4 Å². The van der Waals surface area contributed by atoms with Crippen molar-refractivity contribution in [2.75, 3.05) is 13.1 Å². The van der Waals surface area contributed by atoms with Gasteiger partial charge >= 0.3 is 0 Å². The lowest BCUT2D eigenvalue weighted by Gasteiger charge is -2.34. The number of hydrogen-bond donors (Lipinski definition) is 1. The van der Waals surface area contributed by atoms with Gasteiger partial charge in [-0.3, -0.25) is 9.59 Å². The van der Waals surface area contributed by atoms with Crippen LogP contribution in [0.2, 0.25) is 0 Å². The number of piperazine rings is 1. The van der Waals surface area contributed by atoms with Crippen molar-refractivity contribution in [3.63, 3.8) is 0 Å². The largest absolute Gasteiger partial charge is 0.353 e. The lowest BCUT2D eigenvalue weighted by Crippen LogP contribution is -2.56. The van der Waals surface area contributed by atoms with Crippen LogP contribution >= 0.6 is 27.3 Å². The van der Waals surface area contributed by atoms with E-state index in [2.05, 4.69) is 21.2 Å². The van der Waals surface area contributed by atoms with Crippen LogP contribution in [0.25, 0.3) is 0 Å². The second kappa shape index (κ2) is 5.18. The van der Waals surface area contributed by atoms with Gasteiger partial charge in [-0.05, 0) is 28.4 Å². The average Bonchev–Trinajstić information content (AvgIpc) is 2.74. The van der Waals surface area contributed by atoms with E-state index in [1.54, 1.807) is 11.0 Å². The molecule has 1 saturated heterocycles. The lowest BCUT2D eigenvalue weighted by molar-refractivity contribution is -0.127. The smallest absolute Gasteiger partial charge is 0.255 e. The van der Waals surface area contributed by atoms with Gasteiger partial charge in [0.25, 0.3) is 5.91 Å². The summed E-state index contributed by atoms with van der Waals surface area (Å²) in [6, 6.07) is 1.46. The summed E-state index contributed by atoms with van der Waals surface area (Å²) in [5, 5.41) is 4.60. The summed E-state index contributed by atoms with van der Waals surface area (Å²) < 4.78 is 0.926. The minimum absolute atomic E-state index is 0.0543. The normalized spacial score (nSPS) is 20.2. The van der Waals surface area contributed by atoms with Crippen molar-refractivity contribution in [2.45, 2.75) is 19.4 Å². The van der Waals surface area contributed by atoms with Crippen LogP contribution in [0.5, 0.6) is 0 Å². The fourth-order valence-corrected chi connectivity index (χ4v) is 3.08. The standard InChI is InChI=1S/C11H13BrN2O2S/c1-2-8-10(15)13-3-4-14(8)11(16)7-5-9(12)17-6-7/h5-6,8H,2-4H2,1H3,(H,13,15). The Balaban J connectivity index is 2.20. The van der Waals surface area contributed by atoms with Crippen molar-refractivity contribution in [1.29, 1.82) is 0 Å². The zero-order valence-electron chi connectivity index (χ0n) is 9.40. The molecule has 0 aromatic carbocycles. The van der Waals surface area contributed by atoms with Gasteiger partial charge in [-0.25, -0.2) is 0 Å². The van der Waals surface area contributed by atoms with Crippen LogP contribution in [0.15, 0.2) is 15.2 Å². The fourth-order valence-electron chi connectivity index (χ4n) is 1.95. The number of amides is 2. The number of carbonyl (C=O) groups is 2. The Morgan fingerprint density at radius 1 is 1.71 bits per heavy atom.